The molecule has 4 heteroatoms. The Morgan fingerprint density at radius 3 is 2.62 bits per heavy atom. The number of rotatable bonds is 8. The lowest BCUT2D eigenvalue weighted by Gasteiger charge is -1.96. The molecule has 0 fully saturated rings. The van der Waals surface area contributed by atoms with Crippen molar-refractivity contribution in [3.8, 4) is 0 Å². The van der Waals surface area contributed by atoms with Crippen LogP contribution in [0.5, 0.6) is 0 Å². The molecule has 16 heavy (non-hydrogen) atoms. The standard InChI is InChI=1S/C12H19N3O/c1-3-4-6-9-12(2)10-7-5-8-11-13-14-15-16/h6-12H,3-5H2,1-2H3/b9-6?,10-7+,11-8+,14-13?/t12-/m0/s1. The Bertz CT molecular complexity index is 280. The van der Waals surface area contributed by atoms with Crippen LogP contribution in [0.2, 0.25) is 0 Å². The van der Waals surface area contributed by atoms with Crippen molar-refractivity contribution in [2.75, 3.05) is 0 Å². The Hall–Kier alpha value is -1.58. The van der Waals surface area contributed by atoms with E-state index in [0.717, 1.165) is 12.8 Å². The molecule has 0 radical (unpaired) electrons. The van der Waals surface area contributed by atoms with E-state index in [0.29, 0.717) is 5.92 Å². The summed E-state index contributed by atoms with van der Waals surface area (Å²) in [6.45, 7) is 4.31. The zero-order valence-corrected chi connectivity index (χ0v) is 9.91. The van der Waals surface area contributed by atoms with Gasteiger partial charge in [0.1, 0.15) is 5.29 Å². The number of nitrogens with zero attached hydrogens (tertiary/aromatic N) is 3. The van der Waals surface area contributed by atoms with E-state index >= 15 is 0 Å². The van der Waals surface area contributed by atoms with Crippen LogP contribution in [0.25, 0.3) is 0 Å². The first-order valence-electron chi connectivity index (χ1n) is 5.52. The second-order valence-electron chi connectivity index (χ2n) is 3.41. The zero-order chi connectivity index (χ0) is 12.1. The van der Waals surface area contributed by atoms with Crippen molar-refractivity contribution >= 4 is 0 Å². The highest BCUT2D eigenvalue weighted by Gasteiger charge is 1.87. The monoisotopic (exact) mass is 221 g/mol. The Kier molecular flexibility index (Phi) is 10.4. The molecule has 0 N–H and O–H groups in total. The van der Waals surface area contributed by atoms with Crippen LogP contribution >= 0.6 is 0 Å². The van der Waals surface area contributed by atoms with E-state index in [1.807, 2.05) is 6.08 Å². The van der Waals surface area contributed by atoms with Gasteiger partial charge in [-0.05, 0) is 24.0 Å². The van der Waals surface area contributed by atoms with Gasteiger partial charge in [-0.15, -0.1) is 10.0 Å². The first kappa shape index (κ1) is 14.4. The molecule has 0 spiro atoms. The maximum Gasteiger partial charge on any atom is 0.100 e. The summed E-state index contributed by atoms with van der Waals surface area (Å²) < 4.78 is 0. The van der Waals surface area contributed by atoms with Gasteiger partial charge in [0.15, 0.2) is 0 Å². The van der Waals surface area contributed by atoms with Crippen LogP contribution in [0.1, 0.15) is 33.1 Å². The van der Waals surface area contributed by atoms with Crippen molar-refractivity contribution in [2.45, 2.75) is 33.1 Å². The SMILES string of the molecule is CCCC=C[C@H](C)/C=C/C/C=C/N=NN=O. The van der Waals surface area contributed by atoms with Crippen LogP contribution in [0.3, 0.4) is 0 Å². The molecular formula is C12H19N3O. The number of allylic oxidation sites excluding steroid dienone is 5. The largest absolute Gasteiger partial charge is 0.136 e. The topological polar surface area (TPSA) is 54.1 Å². The van der Waals surface area contributed by atoms with Crippen LogP contribution in [0.4, 0.5) is 0 Å². The highest BCUT2D eigenvalue weighted by molar-refractivity contribution is 5.00. The second kappa shape index (κ2) is 11.5. The van der Waals surface area contributed by atoms with E-state index in [-0.39, 0.29) is 0 Å². The smallest absolute Gasteiger partial charge is 0.100 e. The minimum absolute atomic E-state index is 0.457. The van der Waals surface area contributed by atoms with E-state index in [1.54, 1.807) is 0 Å². The molecule has 0 rings (SSSR count). The molecular weight excluding hydrogens is 202 g/mol. The zero-order valence-electron chi connectivity index (χ0n) is 9.91. The van der Waals surface area contributed by atoms with Crippen LogP contribution in [-0.4, -0.2) is 0 Å². The maximum atomic E-state index is 9.54. The van der Waals surface area contributed by atoms with Crippen molar-refractivity contribution in [1.29, 1.82) is 0 Å². The van der Waals surface area contributed by atoms with Gasteiger partial charge in [0.05, 0.1) is 0 Å². The molecule has 0 heterocycles. The van der Waals surface area contributed by atoms with E-state index in [2.05, 4.69) is 53.8 Å². The van der Waals surface area contributed by atoms with Gasteiger partial charge in [-0.25, -0.2) is 0 Å². The normalized spacial score (nSPS) is 14.6. The van der Waals surface area contributed by atoms with Crippen molar-refractivity contribution < 1.29 is 0 Å². The average molecular weight is 221 g/mol. The lowest BCUT2D eigenvalue weighted by Crippen LogP contribution is -1.81. The van der Waals surface area contributed by atoms with Gasteiger partial charge in [0.25, 0.3) is 0 Å². The molecule has 88 valence electrons. The third-order valence-electron chi connectivity index (χ3n) is 1.87. The summed E-state index contributed by atoms with van der Waals surface area (Å²) in [5.41, 5.74) is 0. The summed E-state index contributed by atoms with van der Waals surface area (Å²) in [5.74, 6) is 0.457. The summed E-state index contributed by atoms with van der Waals surface area (Å²) in [4.78, 5) is 9.54. The molecule has 0 aromatic rings. The van der Waals surface area contributed by atoms with Crippen LogP contribution in [-0.2, 0) is 0 Å². The quantitative estimate of drug-likeness (QED) is 0.256. The van der Waals surface area contributed by atoms with Gasteiger partial charge in [0, 0.05) is 6.20 Å². The molecule has 0 amide bonds. The van der Waals surface area contributed by atoms with E-state index in [9.17, 15) is 4.91 Å². The third-order valence-corrected chi connectivity index (χ3v) is 1.87. The highest BCUT2D eigenvalue weighted by atomic mass is 16.3. The lowest BCUT2D eigenvalue weighted by atomic mass is 10.1. The molecule has 0 aliphatic carbocycles. The van der Waals surface area contributed by atoms with Crippen molar-refractivity contribution in [3.05, 3.63) is 41.5 Å². The Morgan fingerprint density at radius 2 is 1.94 bits per heavy atom. The predicted octanol–water partition coefficient (Wildman–Crippen LogP) is 4.57. The van der Waals surface area contributed by atoms with E-state index < -0.39 is 0 Å². The number of hydrogen-bond acceptors (Lipinski definition) is 2. The summed E-state index contributed by atoms with van der Waals surface area (Å²) in [7, 11) is 0. The molecule has 0 bridgehead atoms. The average Bonchev–Trinajstić information content (AvgIpc) is 2.28. The van der Waals surface area contributed by atoms with E-state index in [4.69, 9.17) is 0 Å². The van der Waals surface area contributed by atoms with Gasteiger partial charge in [-0.1, -0.05) is 50.6 Å². The molecule has 0 saturated heterocycles. The summed E-state index contributed by atoms with van der Waals surface area (Å²) in [6.07, 6.45) is 15.0. The highest BCUT2D eigenvalue weighted by Crippen LogP contribution is 2.02. The second-order valence-corrected chi connectivity index (χ2v) is 3.41. The van der Waals surface area contributed by atoms with Gasteiger partial charge < -0.3 is 0 Å². The molecule has 0 aliphatic heterocycles. The summed E-state index contributed by atoms with van der Waals surface area (Å²) in [5, 5.41) is 8.56. The fourth-order valence-electron chi connectivity index (χ4n) is 1.07. The van der Waals surface area contributed by atoms with Crippen molar-refractivity contribution in [3.63, 3.8) is 0 Å². The molecule has 0 aromatic carbocycles. The fourth-order valence-corrected chi connectivity index (χ4v) is 1.07. The third kappa shape index (κ3) is 10.5. The maximum absolute atomic E-state index is 9.54. The number of hydrogen-bond donors (Lipinski definition) is 0. The molecule has 0 saturated carbocycles. The molecule has 4 nitrogen and oxygen atoms in total. The first-order valence-corrected chi connectivity index (χ1v) is 5.52. The van der Waals surface area contributed by atoms with Gasteiger partial charge in [-0.2, -0.15) is 0 Å². The fraction of sp³-hybridized carbons (Fsp3) is 0.500. The summed E-state index contributed by atoms with van der Waals surface area (Å²) in [6, 6.07) is 0. The van der Waals surface area contributed by atoms with Crippen molar-refractivity contribution in [2.24, 2.45) is 21.5 Å². The van der Waals surface area contributed by atoms with Crippen LogP contribution < -0.4 is 0 Å². The van der Waals surface area contributed by atoms with Gasteiger partial charge >= 0.3 is 0 Å². The van der Waals surface area contributed by atoms with Crippen LogP contribution in [0, 0.1) is 10.8 Å². The minimum atomic E-state index is 0.457. The molecule has 1 atom stereocenters. The predicted molar refractivity (Wildman–Crippen MR) is 66.8 cm³/mol. The number of nitroso groups, excluding NO2 is 1. The Labute approximate surface area is 96.8 Å². The van der Waals surface area contributed by atoms with Crippen LogP contribution in [0.15, 0.2) is 52.2 Å². The molecule has 0 aliphatic rings. The van der Waals surface area contributed by atoms with E-state index in [1.165, 1.54) is 12.6 Å². The van der Waals surface area contributed by atoms with Crippen molar-refractivity contribution in [1.82, 2.24) is 0 Å². The molecule has 0 aromatic heterocycles. The Morgan fingerprint density at radius 1 is 1.19 bits per heavy atom. The lowest BCUT2D eigenvalue weighted by molar-refractivity contribution is 0.898. The molecule has 0 unspecified atom stereocenters. The van der Waals surface area contributed by atoms with Gasteiger partial charge in [-0.3, -0.25) is 0 Å². The first-order chi connectivity index (χ1) is 7.81. The Balaban J connectivity index is 3.70. The number of unbranched alkanes of at least 4 members (excludes halogenated alkanes) is 1. The summed E-state index contributed by atoms with van der Waals surface area (Å²) >= 11 is 0. The minimum Gasteiger partial charge on any atom is -0.136 e. The van der Waals surface area contributed by atoms with Gasteiger partial charge in [0.2, 0.25) is 0 Å².